The zero-order valence-corrected chi connectivity index (χ0v) is 17.1. The van der Waals surface area contributed by atoms with Crippen molar-refractivity contribution in [2.24, 2.45) is 5.92 Å². The van der Waals surface area contributed by atoms with Gasteiger partial charge in [0.25, 0.3) is 0 Å². The van der Waals surface area contributed by atoms with Gasteiger partial charge in [0, 0.05) is 38.1 Å². The highest BCUT2D eigenvalue weighted by molar-refractivity contribution is 7.89. The van der Waals surface area contributed by atoms with Crippen molar-refractivity contribution in [3.05, 3.63) is 48.7 Å². The Morgan fingerprint density at radius 2 is 1.76 bits per heavy atom. The predicted octanol–water partition coefficient (Wildman–Crippen LogP) is 2.72. The predicted molar refractivity (Wildman–Crippen MR) is 112 cm³/mol. The third-order valence-corrected chi connectivity index (χ3v) is 7.46. The number of carbonyl (C=O) groups is 1. The molecule has 0 aliphatic carbocycles. The maximum Gasteiger partial charge on any atom is 0.244 e. The summed E-state index contributed by atoms with van der Waals surface area (Å²) in [5.74, 6) is 0.593. The number of hydrogen-bond acceptors (Lipinski definition) is 5. The van der Waals surface area contributed by atoms with E-state index in [0.29, 0.717) is 25.5 Å². The van der Waals surface area contributed by atoms with Crippen LogP contribution in [0, 0.1) is 5.92 Å². The van der Waals surface area contributed by atoms with Crippen LogP contribution < -0.4 is 10.2 Å². The quantitative estimate of drug-likeness (QED) is 0.813. The normalized spacial score (nSPS) is 20.6. The number of pyridine rings is 1. The van der Waals surface area contributed by atoms with Gasteiger partial charge in [0.15, 0.2) is 0 Å². The molecule has 1 aromatic heterocycles. The Bertz CT molecular complexity index is 942. The van der Waals surface area contributed by atoms with Gasteiger partial charge in [-0.3, -0.25) is 4.79 Å². The maximum absolute atomic E-state index is 12.7. The molecule has 7 nitrogen and oxygen atoms in total. The first-order valence-corrected chi connectivity index (χ1v) is 11.5. The summed E-state index contributed by atoms with van der Waals surface area (Å²) in [5, 5.41) is 2.97. The second kappa shape index (κ2) is 8.51. The van der Waals surface area contributed by atoms with E-state index in [-0.39, 0.29) is 16.7 Å². The lowest BCUT2D eigenvalue weighted by Gasteiger charge is -2.33. The van der Waals surface area contributed by atoms with Gasteiger partial charge in [-0.05, 0) is 49.9 Å². The molecule has 0 bridgehead atoms. The van der Waals surface area contributed by atoms with E-state index in [0.717, 1.165) is 37.9 Å². The zero-order valence-electron chi connectivity index (χ0n) is 16.3. The van der Waals surface area contributed by atoms with E-state index in [1.165, 1.54) is 10.5 Å². The molecule has 1 atom stereocenters. The van der Waals surface area contributed by atoms with E-state index in [1.807, 2.05) is 30.3 Å². The SMILES string of the molecule is O=C(Nc1ccccc1)C1CCCN(c2ccc(S(=O)(=O)N3CCCC3)cn2)C1. The highest BCUT2D eigenvalue weighted by atomic mass is 32.2. The molecule has 2 aromatic rings. The van der Waals surface area contributed by atoms with Gasteiger partial charge in [-0.25, -0.2) is 13.4 Å². The van der Waals surface area contributed by atoms with E-state index in [1.54, 1.807) is 12.1 Å². The molecule has 3 heterocycles. The molecule has 2 saturated heterocycles. The Kier molecular flexibility index (Phi) is 5.82. The zero-order chi connectivity index (χ0) is 20.3. The van der Waals surface area contributed by atoms with Crippen LogP contribution in [0.5, 0.6) is 0 Å². The van der Waals surface area contributed by atoms with Crippen LogP contribution in [-0.2, 0) is 14.8 Å². The first kappa shape index (κ1) is 19.8. The third-order valence-electron chi connectivity index (χ3n) is 5.58. The summed E-state index contributed by atoms with van der Waals surface area (Å²) in [4.78, 5) is 19.3. The number of aromatic nitrogens is 1. The van der Waals surface area contributed by atoms with Gasteiger partial charge in [0.2, 0.25) is 15.9 Å². The summed E-state index contributed by atoms with van der Waals surface area (Å²) in [6, 6.07) is 12.8. The van der Waals surface area contributed by atoms with Crippen LogP contribution in [0.25, 0.3) is 0 Å². The summed E-state index contributed by atoms with van der Waals surface area (Å²) >= 11 is 0. The molecule has 8 heteroatoms. The first-order chi connectivity index (χ1) is 14.0. The summed E-state index contributed by atoms with van der Waals surface area (Å²) in [6.45, 7) is 2.53. The maximum atomic E-state index is 12.7. The Morgan fingerprint density at radius 3 is 2.45 bits per heavy atom. The minimum atomic E-state index is -3.46. The lowest BCUT2D eigenvalue weighted by Crippen LogP contribution is -2.41. The Balaban J connectivity index is 1.42. The molecule has 4 rings (SSSR count). The summed E-state index contributed by atoms with van der Waals surface area (Å²) in [6.07, 6.45) is 4.98. The number of rotatable bonds is 5. The molecule has 1 amide bonds. The number of piperidine rings is 1. The number of nitrogens with one attached hydrogen (secondary N) is 1. The van der Waals surface area contributed by atoms with E-state index >= 15 is 0 Å². The van der Waals surface area contributed by atoms with Gasteiger partial charge < -0.3 is 10.2 Å². The molecule has 29 heavy (non-hydrogen) atoms. The van der Waals surface area contributed by atoms with Gasteiger partial charge in [-0.15, -0.1) is 0 Å². The first-order valence-electron chi connectivity index (χ1n) is 10.1. The van der Waals surface area contributed by atoms with Gasteiger partial charge in [0.1, 0.15) is 10.7 Å². The molecule has 1 aromatic carbocycles. The number of para-hydroxylation sites is 1. The molecular formula is C21H26N4O3S. The highest BCUT2D eigenvalue weighted by Crippen LogP contribution is 2.25. The molecule has 2 fully saturated rings. The van der Waals surface area contributed by atoms with Crippen molar-refractivity contribution in [1.82, 2.24) is 9.29 Å². The van der Waals surface area contributed by atoms with Crippen LogP contribution >= 0.6 is 0 Å². The lowest BCUT2D eigenvalue weighted by molar-refractivity contribution is -0.120. The number of sulfonamides is 1. The molecule has 2 aliphatic rings. The molecule has 0 radical (unpaired) electrons. The number of hydrogen-bond donors (Lipinski definition) is 1. The van der Waals surface area contributed by atoms with Crippen LogP contribution in [0.4, 0.5) is 11.5 Å². The third kappa shape index (κ3) is 4.43. The van der Waals surface area contributed by atoms with Crippen molar-refractivity contribution >= 4 is 27.4 Å². The minimum absolute atomic E-state index is 0.00845. The van der Waals surface area contributed by atoms with E-state index < -0.39 is 10.0 Å². The van der Waals surface area contributed by atoms with Crippen LogP contribution in [0.15, 0.2) is 53.6 Å². The topological polar surface area (TPSA) is 82.6 Å². The monoisotopic (exact) mass is 414 g/mol. The summed E-state index contributed by atoms with van der Waals surface area (Å²) in [5.41, 5.74) is 0.796. The van der Waals surface area contributed by atoms with Crippen LogP contribution in [0.3, 0.4) is 0 Å². The fraction of sp³-hybridized carbons (Fsp3) is 0.429. The Hall–Kier alpha value is -2.45. The van der Waals surface area contributed by atoms with Crippen LogP contribution in [0.1, 0.15) is 25.7 Å². The molecule has 1 unspecified atom stereocenters. The molecule has 1 N–H and O–H groups in total. The fourth-order valence-electron chi connectivity index (χ4n) is 3.95. The number of nitrogens with zero attached hydrogens (tertiary/aromatic N) is 3. The van der Waals surface area contributed by atoms with E-state index in [2.05, 4.69) is 15.2 Å². The minimum Gasteiger partial charge on any atom is -0.356 e. The summed E-state index contributed by atoms with van der Waals surface area (Å²) in [7, 11) is -3.46. The molecule has 154 valence electrons. The average Bonchev–Trinajstić information content (AvgIpc) is 3.31. The van der Waals surface area contributed by atoms with E-state index in [9.17, 15) is 13.2 Å². The Morgan fingerprint density at radius 1 is 1.00 bits per heavy atom. The number of benzene rings is 1. The fourth-order valence-corrected chi connectivity index (χ4v) is 5.42. The lowest BCUT2D eigenvalue weighted by atomic mass is 9.97. The standard InChI is InChI=1S/C21H26N4O3S/c26-21(23-18-8-2-1-3-9-18)17-7-6-12-24(16-17)20-11-10-19(15-22-20)29(27,28)25-13-4-5-14-25/h1-3,8-11,15,17H,4-7,12-14,16H2,(H,23,26). The molecule has 0 saturated carbocycles. The second-order valence-electron chi connectivity index (χ2n) is 7.60. The van der Waals surface area contributed by atoms with Crippen LogP contribution in [-0.4, -0.2) is 49.8 Å². The Labute approximate surface area is 171 Å². The second-order valence-corrected chi connectivity index (χ2v) is 9.54. The number of carbonyl (C=O) groups excluding carboxylic acids is 1. The van der Waals surface area contributed by atoms with Crippen molar-refractivity contribution in [3.8, 4) is 0 Å². The smallest absolute Gasteiger partial charge is 0.244 e. The largest absolute Gasteiger partial charge is 0.356 e. The van der Waals surface area contributed by atoms with Crippen molar-refractivity contribution in [3.63, 3.8) is 0 Å². The molecular weight excluding hydrogens is 388 g/mol. The molecule has 0 spiro atoms. The van der Waals surface area contributed by atoms with Gasteiger partial charge >= 0.3 is 0 Å². The van der Waals surface area contributed by atoms with Crippen molar-refractivity contribution in [1.29, 1.82) is 0 Å². The average molecular weight is 415 g/mol. The molecule has 2 aliphatic heterocycles. The van der Waals surface area contributed by atoms with Crippen molar-refractivity contribution < 1.29 is 13.2 Å². The van der Waals surface area contributed by atoms with Gasteiger partial charge in [-0.1, -0.05) is 18.2 Å². The van der Waals surface area contributed by atoms with Crippen molar-refractivity contribution in [2.45, 2.75) is 30.6 Å². The van der Waals surface area contributed by atoms with E-state index in [4.69, 9.17) is 0 Å². The van der Waals surface area contributed by atoms with Gasteiger partial charge in [0.05, 0.1) is 5.92 Å². The van der Waals surface area contributed by atoms with Crippen molar-refractivity contribution in [2.75, 3.05) is 36.4 Å². The van der Waals surface area contributed by atoms with Crippen LogP contribution in [0.2, 0.25) is 0 Å². The number of amides is 1. The highest BCUT2D eigenvalue weighted by Gasteiger charge is 2.29. The van der Waals surface area contributed by atoms with Gasteiger partial charge in [-0.2, -0.15) is 4.31 Å². The number of anilines is 2. The summed E-state index contributed by atoms with van der Waals surface area (Å²) < 4.78 is 26.8.